The molecule has 0 saturated heterocycles. The van der Waals surface area contributed by atoms with Gasteiger partial charge in [-0.3, -0.25) is 9.59 Å². The molecular weight excluding hydrogens is 158 g/mol. The summed E-state index contributed by atoms with van der Waals surface area (Å²) < 4.78 is 0. The van der Waals surface area contributed by atoms with E-state index in [9.17, 15) is 9.59 Å². The van der Waals surface area contributed by atoms with Gasteiger partial charge in [0.15, 0.2) is 5.78 Å². The number of hydrogen-bond acceptors (Lipinski definition) is 4. The molecule has 1 amide bonds. The molecule has 2 rings (SSSR count). The smallest absolute Gasteiger partial charge is 0.254 e. The Hall–Kier alpha value is -1.78. The molecule has 0 spiro atoms. The standard InChI is InChI=1S/C7H5N3O2/c11-6-3-8-7(12)5-2-10-9-1-4(5)6/h1-2H,3H2,(H,8,12). The van der Waals surface area contributed by atoms with Crippen molar-refractivity contribution in [2.75, 3.05) is 6.54 Å². The van der Waals surface area contributed by atoms with Gasteiger partial charge in [0.05, 0.1) is 30.1 Å². The second-order valence-electron chi connectivity index (χ2n) is 2.42. The third-order valence-electron chi connectivity index (χ3n) is 1.69. The zero-order valence-electron chi connectivity index (χ0n) is 6.07. The van der Waals surface area contributed by atoms with Crippen LogP contribution in [0.4, 0.5) is 0 Å². The molecule has 0 aromatic carbocycles. The van der Waals surface area contributed by atoms with Gasteiger partial charge in [-0.15, -0.1) is 0 Å². The van der Waals surface area contributed by atoms with Crippen LogP contribution in [0, 0.1) is 0 Å². The van der Waals surface area contributed by atoms with Gasteiger partial charge in [0.2, 0.25) is 0 Å². The van der Waals surface area contributed by atoms with Crippen molar-refractivity contribution in [2.24, 2.45) is 0 Å². The number of rotatable bonds is 0. The van der Waals surface area contributed by atoms with Gasteiger partial charge in [0.1, 0.15) is 0 Å². The molecule has 12 heavy (non-hydrogen) atoms. The van der Waals surface area contributed by atoms with Crippen LogP contribution >= 0.6 is 0 Å². The number of ketones is 1. The molecule has 0 aliphatic carbocycles. The molecule has 1 aromatic rings. The van der Waals surface area contributed by atoms with E-state index in [0.717, 1.165) is 0 Å². The number of aromatic nitrogens is 2. The first-order valence-electron chi connectivity index (χ1n) is 3.41. The zero-order valence-corrected chi connectivity index (χ0v) is 6.07. The van der Waals surface area contributed by atoms with Crippen molar-refractivity contribution in [3.63, 3.8) is 0 Å². The van der Waals surface area contributed by atoms with Gasteiger partial charge in [-0.2, -0.15) is 10.2 Å². The maximum absolute atomic E-state index is 11.1. The number of carbonyl (C=O) groups excluding carboxylic acids is 2. The summed E-state index contributed by atoms with van der Waals surface area (Å²) in [5.74, 6) is -0.390. The average molecular weight is 163 g/mol. The molecule has 1 aliphatic rings. The number of Topliss-reactive ketones (excluding diaryl/α,β-unsaturated/α-hetero) is 1. The zero-order chi connectivity index (χ0) is 8.55. The summed E-state index contributed by atoms with van der Waals surface area (Å²) in [6.07, 6.45) is 2.61. The van der Waals surface area contributed by atoms with Crippen LogP contribution in [0.5, 0.6) is 0 Å². The van der Waals surface area contributed by atoms with Gasteiger partial charge >= 0.3 is 0 Å². The van der Waals surface area contributed by atoms with Gasteiger partial charge in [0.25, 0.3) is 5.91 Å². The minimum atomic E-state index is -0.264. The average Bonchev–Trinajstić information content (AvgIpc) is 2.12. The van der Waals surface area contributed by atoms with Crippen LogP contribution in [-0.4, -0.2) is 28.4 Å². The quantitative estimate of drug-likeness (QED) is 0.554. The second kappa shape index (κ2) is 2.37. The number of nitrogens with zero attached hydrogens (tertiary/aromatic N) is 2. The Morgan fingerprint density at radius 3 is 2.50 bits per heavy atom. The fraction of sp³-hybridized carbons (Fsp3) is 0.143. The highest BCUT2D eigenvalue weighted by Crippen LogP contribution is 2.09. The van der Waals surface area contributed by atoms with Gasteiger partial charge in [-0.1, -0.05) is 0 Å². The number of hydrogen-bond donors (Lipinski definition) is 1. The van der Waals surface area contributed by atoms with E-state index in [2.05, 4.69) is 15.5 Å². The number of carbonyl (C=O) groups is 2. The van der Waals surface area contributed by atoms with Gasteiger partial charge < -0.3 is 5.32 Å². The summed E-state index contributed by atoms with van der Waals surface area (Å²) in [5.41, 5.74) is 0.662. The van der Waals surface area contributed by atoms with Crippen LogP contribution < -0.4 is 5.32 Å². The summed E-state index contributed by atoms with van der Waals surface area (Å²) in [5, 5.41) is 9.48. The van der Waals surface area contributed by atoms with E-state index in [-0.39, 0.29) is 18.2 Å². The first-order valence-corrected chi connectivity index (χ1v) is 3.41. The van der Waals surface area contributed by atoms with Crippen molar-refractivity contribution in [1.82, 2.24) is 15.5 Å². The predicted molar refractivity (Wildman–Crippen MR) is 38.7 cm³/mol. The highest BCUT2D eigenvalue weighted by Gasteiger charge is 2.22. The minimum absolute atomic E-state index is 0.0531. The van der Waals surface area contributed by atoms with Crippen molar-refractivity contribution in [3.8, 4) is 0 Å². The van der Waals surface area contributed by atoms with Gasteiger partial charge in [-0.25, -0.2) is 0 Å². The SMILES string of the molecule is O=C1CNC(=O)c2cnncc21. The minimum Gasteiger partial charge on any atom is -0.345 e. The third kappa shape index (κ3) is 0.868. The Labute approximate surface area is 67.8 Å². The number of nitrogens with one attached hydrogen (secondary N) is 1. The Balaban J connectivity index is 2.62. The maximum atomic E-state index is 11.1. The maximum Gasteiger partial charge on any atom is 0.254 e. The van der Waals surface area contributed by atoms with E-state index in [1.165, 1.54) is 12.4 Å². The van der Waals surface area contributed by atoms with Gasteiger partial charge in [0, 0.05) is 0 Å². The van der Waals surface area contributed by atoms with Crippen LogP contribution in [0.3, 0.4) is 0 Å². The molecular formula is C7H5N3O2. The lowest BCUT2D eigenvalue weighted by Crippen LogP contribution is -2.36. The first-order chi connectivity index (χ1) is 5.79. The summed E-state index contributed by atoms with van der Waals surface area (Å²) in [7, 11) is 0. The fourth-order valence-corrected chi connectivity index (χ4v) is 1.08. The second-order valence-corrected chi connectivity index (χ2v) is 2.42. The lowest BCUT2D eigenvalue weighted by molar-refractivity contribution is 0.0876. The first kappa shape index (κ1) is 6.90. The van der Waals surface area contributed by atoms with Crippen molar-refractivity contribution in [3.05, 3.63) is 23.5 Å². The molecule has 5 nitrogen and oxygen atoms in total. The number of amides is 1. The topological polar surface area (TPSA) is 72.0 Å². The molecule has 1 N–H and O–H groups in total. The Kier molecular flexibility index (Phi) is 1.36. The largest absolute Gasteiger partial charge is 0.345 e. The molecule has 60 valence electrons. The molecule has 2 heterocycles. The summed E-state index contributed by atoms with van der Waals surface area (Å²) in [6.45, 7) is 0.0531. The molecule has 1 aromatic heterocycles. The van der Waals surface area contributed by atoms with Crippen LogP contribution in [0.15, 0.2) is 12.4 Å². The predicted octanol–water partition coefficient (Wildman–Crippen LogP) is -0.597. The van der Waals surface area contributed by atoms with Crippen molar-refractivity contribution >= 4 is 11.7 Å². The molecule has 5 heteroatoms. The molecule has 0 unspecified atom stereocenters. The Morgan fingerprint density at radius 1 is 1.17 bits per heavy atom. The van der Waals surface area contributed by atoms with Crippen LogP contribution in [0.25, 0.3) is 0 Å². The van der Waals surface area contributed by atoms with Crippen molar-refractivity contribution < 1.29 is 9.59 Å². The third-order valence-corrected chi connectivity index (χ3v) is 1.69. The molecule has 0 bridgehead atoms. The highest BCUT2D eigenvalue weighted by molar-refractivity contribution is 6.13. The van der Waals surface area contributed by atoms with Crippen LogP contribution in [-0.2, 0) is 0 Å². The van der Waals surface area contributed by atoms with Gasteiger partial charge in [-0.05, 0) is 0 Å². The normalized spacial score (nSPS) is 15.3. The van der Waals surface area contributed by atoms with Crippen molar-refractivity contribution in [2.45, 2.75) is 0 Å². The van der Waals surface area contributed by atoms with E-state index in [0.29, 0.717) is 11.1 Å². The molecule has 0 atom stereocenters. The van der Waals surface area contributed by atoms with E-state index in [1.807, 2.05) is 0 Å². The summed E-state index contributed by atoms with van der Waals surface area (Å²) in [6, 6.07) is 0. The molecule has 1 aliphatic heterocycles. The monoisotopic (exact) mass is 163 g/mol. The van der Waals surface area contributed by atoms with E-state index < -0.39 is 0 Å². The van der Waals surface area contributed by atoms with E-state index in [4.69, 9.17) is 0 Å². The molecule has 0 saturated carbocycles. The van der Waals surface area contributed by atoms with E-state index in [1.54, 1.807) is 0 Å². The summed E-state index contributed by atoms with van der Waals surface area (Å²) >= 11 is 0. The fourth-order valence-electron chi connectivity index (χ4n) is 1.08. The lowest BCUT2D eigenvalue weighted by Gasteiger charge is -2.12. The van der Waals surface area contributed by atoms with E-state index >= 15 is 0 Å². The van der Waals surface area contributed by atoms with Crippen LogP contribution in [0.2, 0.25) is 0 Å². The lowest BCUT2D eigenvalue weighted by atomic mass is 10.0. The number of fused-ring (bicyclic) bond motifs is 1. The Morgan fingerprint density at radius 2 is 1.83 bits per heavy atom. The Bertz CT molecular complexity index is 326. The van der Waals surface area contributed by atoms with Crippen molar-refractivity contribution in [1.29, 1.82) is 0 Å². The highest BCUT2D eigenvalue weighted by atomic mass is 16.2. The van der Waals surface area contributed by atoms with Crippen LogP contribution in [0.1, 0.15) is 20.7 Å². The molecule has 0 radical (unpaired) electrons. The molecule has 0 fully saturated rings. The summed E-state index contributed by atoms with van der Waals surface area (Å²) in [4.78, 5) is 22.2.